The van der Waals surface area contributed by atoms with Gasteiger partial charge in [-0.15, -0.1) is 0 Å². The van der Waals surface area contributed by atoms with Crippen LogP contribution < -0.4 is 9.46 Å². The van der Waals surface area contributed by atoms with Crippen molar-refractivity contribution < 1.29 is 26.3 Å². The number of sulfonamides is 1. The van der Waals surface area contributed by atoms with Crippen LogP contribution in [0, 0.1) is 11.8 Å². The lowest BCUT2D eigenvalue weighted by Gasteiger charge is -2.28. The van der Waals surface area contributed by atoms with Gasteiger partial charge in [-0.3, -0.25) is 4.72 Å². The maximum absolute atomic E-state index is 12.7. The number of halogens is 3. The highest BCUT2D eigenvalue weighted by molar-refractivity contribution is 7.92. The minimum Gasteiger partial charge on any atom is -0.495 e. The van der Waals surface area contributed by atoms with Gasteiger partial charge in [0.2, 0.25) is 10.0 Å². The number of anilines is 1. The highest BCUT2D eigenvalue weighted by atomic mass is 32.2. The third-order valence-corrected chi connectivity index (χ3v) is 4.77. The quantitative estimate of drug-likeness (QED) is 0.845. The van der Waals surface area contributed by atoms with Crippen LogP contribution in [0.5, 0.6) is 5.75 Å². The van der Waals surface area contributed by atoms with Crippen molar-refractivity contribution in [1.82, 2.24) is 4.98 Å². The first-order valence-corrected chi connectivity index (χ1v) is 9.74. The molecule has 0 bridgehead atoms. The first kappa shape index (κ1) is 19.6. The largest absolute Gasteiger partial charge is 0.495 e. The molecule has 9 heteroatoms. The fraction of sp³-hybridized carbons (Fsp3) is 0.562. The molecule has 1 aliphatic carbocycles. The van der Waals surface area contributed by atoms with Crippen molar-refractivity contribution in [2.75, 3.05) is 18.1 Å². The number of hydrogen-bond acceptors (Lipinski definition) is 4. The fourth-order valence-electron chi connectivity index (χ4n) is 2.88. The van der Waals surface area contributed by atoms with Crippen LogP contribution in [-0.2, 0) is 10.0 Å². The molecule has 1 N–H and O–H groups in total. The molecule has 0 aliphatic heterocycles. The lowest BCUT2D eigenvalue weighted by molar-refractivity contribution is -0.183. The Morgan fingerprint density at radius 2 is 1.92 bits per heavy atom. The van der Waals surface area contributed by atoms with Crippen LogP contribution in [-0.4, -0.2) is 32.9 Å². The molecule has 1 heterocycles. The van der Waals surface area contributed by atoms with E-state index in [1.54, 1.807) is 6.08 Å². The molecule has 5 nitrogen and oxygen atoms in total. The van der Waals surface area contributed by atoms with Gasteiger partial charge in [-0.2, -0.15) is 13.2 Å². The Bertz CT molecular complexity index is 725. The summed E-state index contributed by atoms with van der Waals surface area (Å²) in [5, 5.41) is 0. The Labute approximate surface area is 145 Å². The van der Waals surface area contributed by atoms with Crippen LogP contribution in [0.15, 0.2) is 18.3 Å². The summed E-state index contributed by atoms with van der Waals surface area (Å²) in [6.07, 6.45) is 3.11. The third-order valence-electron chi connectivity index (χ3n) is 4.19. The SMILES string of the molecule is COc1cnc(NS(C)(=O)=O)cc1/C=C/C1CCC(C(F)(F)F)CC1. The first-order valence-electron chi connectivity index (χ1n) is 7.85. The van der Waals surface area contributed by atoms with Crippen molar-refractivity contribution >= 4 is 21.9 Å². The Balaban J connectivity index is 2.08. The topological polar surface area (TPSA) is 68.3 Å². The van der Waals surface area contributed by atoms with Crippen molar-refractivity contribution in [3.8, 4) is 5.75 Å². The zero-order chi connectivity index (χ0) is 18.7. The number of methoxy groups -OCH3 is 1. The predicted molar refractivity (Wildman–Crippen MR) is 89.8 cm³/mol. The van der Waals surface area contributed by atoms with Gasteiger partial charge < -0.3 is 4.74 Å². The number of nitrogens with one attached hydrogen (secondary N) is 1. The Morgan fingerprint density at radius 1 is 1.28 bits per heavy atom. The molecule has 1 aromatic heterocycles. The van der Waals surface area contributed by atoms with Crippen molar-refractivity contribution in [3.05, 3.63) is 23.9 Å². The average molecular weight is 378 g/mol. The van der Waals surface area contributed by atoms with Gasteiger partial charge in [0.05, 0.1) is 25.5 Å². The summed E-state index contributed by atoms with van der Waals surface area (Å²) in [7, 11) is -1.99. The summed E-state index contributed by atoms with van der Waals surface area (Å²) in [5.41, 5.74) is 0.613. The summed E-state index contributed by atoms with van der Waals surface area (Å²) in [6, 6.07) is 1.53. The molecule has 0 spiro atoms. The van der Waals surface area contributed by atoms with E-state index in [2.05, 4.69) is 9.71 Å². The van der Waals surface area contributed by atoms with Crippen LogP contribution in [0.3, 0.4) is 0 Å². The highest BCUT2D eigenvalue weighted by Gasteiger charge is 2.40. The molecule has 25 heavy (non-hydrogen) atoms. The molecular formula is C16H21F3N2O3S. The van der Waals surface area contributed by atoms with Crippen molar-refractivity contribution in [1.29, 1.82) is 0 Å². The van der Waals surface area contributed by atoms with E-state index in [9.17, 15) is 21.6 Å². The number of alkyl halides is 3. The van der Waals surface area contributed by atoms with E-state index in [1.165, 1.54) is 19.4 Å². The van der Waals surface area contributed by atoms with Gasteiger partial charge in [0.15, 0.2) is 0 Å². The van der Waals surface area contributed by atoms with E-state index in [-0.39, 0.29) is 24.6 Å². The number of hydrogen-bond donors (Lipinski definition) is 1. The average Bonchev–Trinajstić information content (AvgIpc) is 2.51. The molecule has 0 unspecified atom stereocenters. The van der Waals surface area contributed by atoms with Crippen LogP contribution >= 0.6 is 0 Å². The molecule has 0 aromatic carbocycles. The molecule has 0 saturated heterocycles. The molecule has 1 aromatic rings. The van der Waals surface area contributed by atoms with E-state index < -0.39 is 22.1 Å². The molecule has 2 rings (SSSR count). The van der Waals surface area contributed by atoms with E-state index in [0.29, 0.717) is 24.2 Å². The summed E-state index contributed by atoms with van der Waals surface area (Å²) in [5.74, 6) is -0.538. The summed E-state index contributed by atoms with van der Waals surface area (Å²) >= 11 is 0. The predicted octanol–water partition coefficient (Wildman–Crippen LogP) is 3.84. The van der Waals surface area contributed by atoms with Crippen molar-refractivity contribution in [2.24, 2.45) is 11.8 Å². The molecule has 0 atom stereocenters. The number of rotatable bonds is 5. The second kappa shape index (κ2) is 7.63. The van der Waals surface area contributed by atoms with E-state index in [0.717, 1.165) is 6.26 Å². The molecule has 140 valence electrons. The minimum atomic E-state index is -4.12. The lowest BCUT2D eigenvalue weighted by atomic mass is 9.81. The zero-order valence-electron chi connectivity index (χ0n) is 14.0. The standard InChI is InChI=1S/C16H21F3N2O3S/c1-24-14-10-20-15(21-25(2,22)23)9-12(14)6-3-11-4-7-13(8-5-11)16(17,18)19/h3,6,9-11,13H,4-5,7-8H2,1-2H3,(H,20,21)/b6-3+. The Morgan fingerprint density at radius 3 is 2.44 bits per heavy atom. The smallest absolute Gasteiger partial charge is 0.391 e. The Kier molecular flexibility index (Phi) is 5.97. The molecular weight excluding hydrogens is 357 g/mol. The third kappa shape index (κ3) is 5.91. The second-order valence-electron chi connectivity index (χ2n) is 6.20. The fourth-order valence-corrected chi connectivity index (χ4v) is 3.38. The van der Waals surface area contributed by atoms with Crippen molar-refractivity contribution in [3.63, 3.8) is 0 Å². The van der Waals surface area contributed by atoms with Crippen LogP contribution in [0.25, 0.3) is 6.08 Å². The maximum Gasteiger partial charge on any atom is 0.391 e. The lowest BCUT2D eigenvalue weighted by Crippen LogP contribution is -2.27. The summed E-state index contributed by atoms with van der Waals surface area (Å²) in [4.78, 5) is 3.95. The summed E-state index contributed by atoms with van der Waals surface area (Å²) in [6.45, 7) is 0. The Hall–Kier alpha value is -1.77. The zero-order valence-corrected chi connectivity index (χ0v) is 14.8. The molecule has 0 amide bonds. The normalized spacial score (nSPS) is 22.1. The monoisotopic (exact) mass is 378 g/mol. The van der Waals surface area contributed by atoms with Gasteiger partial charge >= 0.3 is 6.18 Å². The maximum atomic E-state index is 12.7. The summed E-state index contributed by atoms with van der Waals surface area (Å²) < 4.78 is 68.2. The highest BCUT2D eigenvalue weighted by Crippen LogP contribution is 2.40. The number of allylic oxidation sites excluding steroid dienone is 1. The van der Waals surface area contributed by atoms with Gasteiger partial charge in [-0.1, -0.05) is 12.2 Å². The second-order valence-corrected chi connectivity index (χ2v) is 7.95. The number of ether oxygens (including phenoxy) is 1. The van der Waals surface area contributed by atoms with E-state index in [1.807, 2.05) is 6.08 Å². The van der Waals surface area contributed by atoms with E-state index in [4.69, 9.17) is 4.74 Å². The van der Waals surface area contributed by atoms with Gasteiger partial charge in [-0.05, 0) is 37.7 Å². The van der Waals surface area contributed by atoms with Crippen molar-refractivity contribution in [2.45, 2.75) is 31.9 Å². The van der Waals surface area contributed by atoms with Gasteiger partial charge in [0, 0.05) is 5.56 Å². The molecule has 0 radical (unpaired) electrons. The van der Waals surface area contributed by atoms with Crippen LogP contribution in [0.2, 0.25) is 0 Å². The number of pyridine rings is 1. The van der Waals surface area contributed by atoms with E-state index >= 15 is 0 Å². The molecule has 1 aliphatic rings. The van der Waals surface area contributed by atoms with Gasteiger partial charge in [-0.25, -0.2) is 13.4 Å². The van der Waals surface area contributed by atoms with Crippen LogP contribution in [0.4, 0.5) is 19.0 Å². The number of aromatic nitrogens is 1. The number of nitrogens with zero attached hydrogens (tertiary/aromatic N) is 1. The van der Waals surface area contributed by atoms with Crippen LogP contribution in [0.1, 0.15) is 31.2 Å². The molecule has 1 fully saturated rings. The van der Waals surface area contributed by atoms with Gasteiger partial charge in [0.1, 0.15) is 11.6 Å². The van der Waals surface area contributed by atoms with Gasteiger partial charge in [0.25, 0.3) is 0 Å². The molecule has 1 saturated carbocycles. The minimum absolute atomic E-state index is 0.0581. The first-order chi connectivity index (χ1) is 11.6.